The Labute approximate surface area is 201 Å². The van der Waals surface area contributed by atoms with Gasteiger partial charge in [0.25, 0.3) is 0 Å². The van der Waals surface area contributed by atoms with E-state index in [2.05, 4.69) is 35.6 Å². The van der Waals surface area contributed by atoms with Gasteiger partial charge in [-0.15, -0.1) is 0 Å². The second-order valence-electron chi connectivity index (χ2n) is 7.70. The van der Waals surface area contributed by atoms with Gasteiger partial charge in [-0.3, -0.25) is 14.7 Å². The third-order valence-corrected chi connectivity index (χ3v) is 6.86. The molecule has 35 heavy (non-hydrogen) atoms. The van der Waals surface area contributed by atoms with Gasteiger partial charge in [-0.05, 0) is 44.0 Å². The van der Waals surface area contributed by atoms with Crippen LogP contribution in [0.5, 0.6) is 0 Å². The second-order valence-corrected chi connectivity index (χ2v) is 9.47. The largest absolute Gasteiger partial charge is 0.354 e. The van der Waals surface area contributed by atoms with Gasteiger partial charge in [-0.1, -0.05) is 6.92 Å². The third kappa shape index (κ3) is 5.39. The van der Waals surface area contributed by atoms with Crippen molar-refractivity contribution in [1.82, 2.24) is 29.6 Å². The number of anilines is 2. The number of sulfonamides is 1. The predicted octanol–water partition coefficient (Wildman–Crippen LogP) is 1.58. The van der Waals surface area contributed by atoms with Crippen LogP contribution in [0.3, 0.4) is 0 Å². The van der Waals surface area contributed by atoms with E-state index < -0.39 is 28.4 Å². The molecule has 1 saturated heterocycles. The number of nitrogens with zero attached hydrogens (tertiary/aromatic N) is 4. The molecule has 2 atom stereocenters. The summed E-state index contributed by atoms with van der Waals surface area (Å²) in [6.45, 7) is 4.34. The fraction of sp³-hybridized carbons (Fsp3) is 0.381. The summed E-state index contributed by atoms with van der Waals surface area (Å²) >= 11 is 0. The summed E-state index contributed by atoms with van der Waals surface area (Å²) in [5, 5.41) is 8.02. The zero-order chi connectivity index (χ0) is 25.0. The lowest BCUT2D eigenvalue weighted by Crippen LogP contribution is -2.34. The molecule has 1 fully saturated rings. The van der Waals surface area contributed by atoms with Crippen LogP contribution < -0.4 is 20.7 Å². The van der Waals surface area contributed by atoms with E-state index in [1.165, 1.54) is 36.9 Å². The molecule has 3 amide bonds. The molecule has 2 aromatic heterocycles. The van der Waals surface area contributed by atoms with Crippen LogP contribution in [-0.2, 0) is 19.6 Å². The molecule has 1 aliphatic heterocycles. The summed E-state index contributed by atoms with van der Waals surface area (Å²) in [5.74, 6) is 0.0381. The predicted molar refractivity (Wildman–Crippen MR) is 127 cm³/mol. The van der Waals surface area contributed by atoms with E-state index >= 15 is 0 Å². The second kappa shape index (κ2) is 10.3. The van der Waals surface area contributed by atoms with E-state index in [9.17, 15) is 18.0 Å². The van der Waals surface area contributed by atoms with Crippen molar-refractivity contribution < 1.29 is 22.7 Å². The van der Waals surface area contributed by atoms with Crippen molar-refractivity contribution in [2.24, 2.45) is 0 Å². The standard InChI is InChI=1S/C21H26N8O5S/c1-3-22-20(30)15-9-10-16(34-15)29-12-25-17-18(23-11-24-19(17)29)28-21(31)27-13-5-7-14(8-6-13)35(32,33)26-4-2/h5-8,11-12,15-16,26H,3-4,9-10H2,1-2H3,(H,22,30)(H2,23,24,27,28,31). The molecule has 0 radical (unpaired) electrons. The van der Waals surface area contributed by atoms with E-state index in [0.717, 1.165) is 0 Å². The fourth-order valence-corrected chi connectivity index (χ4v) is 4.76. The molecule has 0 saturated carbocycles. The highest BCUT2D eigenvalue weighted by molar-refractivity contribution is 7.89. The number of ether oxygens (including phenoxy) is 1. The van der Waals surface area contributed by atoms with Crippen molar-refractivity contribution in [3.63, 3.8) is 0 Å². The fourth-order valence-electron chi connectivity index (χ4n) is 3.72. The number of benzene rings is 1. The molecule has 0 aliphatic carbocycles. The molecule has 14 heteroatoms. The summed E-state index contributed by atoms with van der Waals surface area (Å²) in [7, 11) is -3.58. The molecule has 186 valence electrons. The number of carbonyl (C=O) groups excluding carboxylic acids is 2. The Kier molecular flexibility index (Phi) is 7.23. The molecule has 4 rings (SSSR count). The number of amides is 3. The van der Waals surface area contributed by atoms with Gasteiger partial charge in [0.1, 0.15) is 18.7 Å². The van der Waals surface area contributed by atoms with E-state index in [0.29, 0.717) is 36.2 Å². The first-order valence-corrected chi connectivity index (χ1v) is 12.6. The molecule has 2 unspecified atom stereocenters. The van der Waals surface area contributed by atoms with Crippen LogP contribution in [0.1, 0.15) is 32.9 Å². The van der Waals surface area contributed by atoms with Gasteiger partial charge in [-0.25, -0.2) is 32.9 Å². The zero-order valence-corrected chi connectivity index (χ0v) is 20.0. The maximum Gasteiger partial charge on any atom is 0.324 e. The normalized spacial score (nSPS) is 17.9. The van der Waals surface area contributed by atoms with Crippen molar-refractivity contribution in [3.8, 4) is 0 Å². The quantitative estimate of drug-likeness (QED) is 0.360. The van der Waals surface area contributed by atoms with Crippen LogP contribution in [-0.4, -0.2) is 59.1 Å². The SMILES string of the molecule is CCNC(=O)C1CCC(n2cnc3c(NC(=O)Nc4ccc(S(=O)(=O)NCC)cc4)ncnc32)O1. The number of imidazole rings is 1. The lowest BCUT2D eigenvalue weighted by atomic mass is 10.2. The molecule has 0 bridgehead atoms. The Bertz CT molecular complexity index is 1330. The molecule has 1 aromatic carbocycles. The van der Waals surface area contributed by atoms with Gasteiger partial charge in [0, 0.05) is 18.8 Å². The van der Waals surface area contributed by atoms with Crippen LogP contribution in [0, 0.1) is 0 Å². The van der Waals surface area contributed by atoms with Crippen LogP contribution in [0.2, 0.25) is 0 Å². The number of nitrogens with one attached hydrogen (secondary N) is 4. The maximum atomic E-state index is 12.5. The van der Waals surface area contributed by atoms with E-state index in [4.69, 9.17) is 4.74 Å². The molecular weight excluding hydrogens is 476 g/mol. The Morgan fingerprint density at radius 2 is 1.83 bits per heavy atom. The van der Waals surface area contributed by atoms with Gasteiger partial charge >= 0.3 is 6.03 Å². The number of fused-ring (bicyclic) bond motifs is 1. The average molecular weight is 503 g/mol. The van der Waals surface area contributed by atoms with Crippen molar-refractivity contribution >= 4 is 44.6 Å². The monoisotopic (exact) mass is 502 g/mol. The highest BCUT2D eigenvalue weighted by Gasteiger charge is 2.32. The topological polar surface area (TPSA) is 169 Å². The minimum atomic E-state index is -3.58. The Balaban J connectivity index is 1.44. The van der Waals surface area contributed by atoms with Gasteiger partial charge in [-0.2, -0.15) is 0 Å². The van der Waals surface area contributed by atoms with Gasteiger partial charge < -0.3 is 15.4 Å². The summed E-state index contributed by atoms with van der Waals surface area (Å²) in [6.07, 6.45) is 3.07. The number of rotatable bonds is 8. The number of carbonyl (C=O) groups is 2. The van der Waals surface area contributed by atoms with Crippen LogP contribution in [0.15, 0.2) is 41.8 Å². The van der Waals surface area contributed by atoms with E-state index in [1.807, 2.05) is 6.92 Å². The molecule has 1 aliphatic rings. The number of hydrogen-bond acceptors (Lipinski definition) is 8. The minimum Gasteiger partial charge on any atom is -0.354 e. The molecule has 0 spiro atoms. The number of aromatic nitrogens is 4. The summed E-state index contributed by atoms with van der Waals surface area (Å²) in [5.41, 5.74) is 1.21. The third-order valence-electron chi connectivity index (χ3n) is 5.30. The van der Waals surface area contributed by atoms with Crippen LogP contribution in [0.25, 0.3) is 11.2 Å². The minimum absolute atomic E-state index is 0.0944. The van der Waals surface area contributed by atoms with Crippen molar-refractivity contribution in [3.05, 3.63) is 36.9 Å². The van der Waals surface area contributed by atoms with E-state index in [-0.39, 0.29) is 23.2 Å². The summed E-state index contributed by atoms with van der Waals surface area (Å²) in [6, 6.07) is 5.17. The Morgan fingerprint density at radius 1 is 1.06 bits per heavy atom. The molecular formula is C21H26N8O5S. The summed E-state index contributed by atoms with van der Waals surface area (Å²) < 4.78 is 34.1. The molecule has 13 nitrogen and oxygen atoms in total. The molecule has 3 heterocycles. The first-order chi connectivity index (χ1) is 16.8. The summed E-state index contributed by atoms with van der Waals surface area (Å²) in [4.78, 5) is 37.4. The first kappa shape index (κ1) is 24.5. The molecule has 4 N–H and O–H groups in total. The van der Waals surface area contributed by atoms with Gasteiger partial charge in [0.2, 0.25) is 15.9 Å². The molecule has 3 aromatic rings. The first-order valence-electron chi connectivity index (χ1n) is 11.1. The average Bonchev–Trinajstić information content (AvgIpc) is 3.47. The zero-order valence-electron chi connectivity index (χ0n) is 19.2. The lowest BCUT2D eigenvalue weighted by Gasteiger charge is -2.15. The number of likely N-dealkylation sites (N-methyl/N-ethyl adjacent to an activating group) is 1. The van der Waals surface area contributed by atoms with Crippen molar-refractivity contribution in [2.45, 2.75) is 43.9 Å². The van der Waals surface area contributed by atoms with Crippen LogP contribution in [0.4, 0.5) is 16.3 Å². The van der Waals surface area contributed by atoms with Crippen LogP contribution >= 0.6 is 0 Å². The van der Waals surface area contributed by atoms with Gasteiger partial charge in [0.15, 0.2) is 17.0 Å². The highest BCUT2D eigenvalue weighted by atomic mass is 32.2. The van der Waals surface area contributed by atoms with Crippen molar-refractivity contribution in [1.29, 1.82) is 0 Å². The smallest absolute Gasteiger partial charge is 0.324 e. The van der Waals surface area contributed by atoms with Crippen molar-refractivity contribution in [2.75, 3.05) is 23.7 Å². The number of urea groups is 1. The Morgan fingerprint density at radius 3 is 2.54 bits per heavy atom. The number of hydrogen-bond donors (Lipinski definition) is 4. The lowest BCUT2D eigenvalue weighted by molar-refractivity contribution is -0.133. The highest BCUT2D eigenvalue weighted by Crippen LogP contribution is 2.31. The van der Waals surface area contributed by atoms with E-state index in [1.54, 1.807) is 11.5 Å². The Hall–Kier alpha value is -3.62. The maximum absolute atomic E-state index is 12.5. The van der Waals surface area contributed by atoms with Gasteiger partial charge in [0.05, 0.1) is 11.2 Å².